The molecule has 3 unspecified atom stereocenters. The monoisotopic (exact) mass is 583 g/mol. The number of hydrogen-bond acceptors (Lipinski definition) is 5. The van der Waals surface area contributed by atoms with Crippen LogP contribution in [0.1, 0.15) is 88.2 Å². The van der Waals surface area contributed by atoms with Gasteiger partial charge in [-0.1, -0.05) is 50.2 Å². The van der Waals surface area contributed by atoms with Gasteiger partial charge < -0.3 is 20.3 Å². The smallest absolute Gasteiger partial charge is 0.408 e. The van der Waals surface area contributed by atoms with Gasteiger partial charge in [-0.25, -0.2) is 4.79 Å². The van der Waals surface area contributed by atoms with Crippen molar-refractivity contribution in [3.63, 3.8) is 0 Å². The van der Waals surface area contributed by atoms with Crippen LogP contribution in [0.4, 0.5) is 10.5 Å². The van der Waals surface area contributed by atoms with E-state index in [1.807, 2.05) is 71.0 Å². The maximum atomic E-state index is 14.4. The van der Waals surface area contributed by atoms with Crippen LogP contribution in [0.5, 0.6) is 0 Å². The van der Waals surface area contributed by atoms with E-state index in [0.717, 1.165) is 39.9 Å². The Labute approximate surface area is 252 Å². The summed E-state index contributed by atoms with van der Waals surface area (Å²) < 4.78 is 5.44. The molecule has 0 fully saturated rings. The molecule has 2 N–H and O–H groups in total. The van der Waals surface area contributed by atoms with Gasteiger partial charge in [0.2, 0.25) is 5.91 Å². The zero-order valence-electron chi connectivity index (χ0n) is 26.4. The second kappa shape index (κ2) is 14.8. The predicted molar refractivity (Wildman–Crippen MR) is 171 cm³/mol. The van der Waals surface area contributed by atoms with Crippen molar-refractivity contribution in [1.29, 1.82) is 0 Å². The van der Waals surface area contributed by atoms with Gasteiger partial charge in [-0.15, -0.1) is 0 Å². The van der Waals surface area contributed by atoms with Gasteiger partial charge in [0.1, 0.15) is 17.7 Å². The van der Waals surface area contributed by atoms with Gasteiger partial charge in [0.15, 0.2) is 0 Å². The van der Waals surface area contributed by atoms with Gasteiger partial charge >= 0.3 is 6.09 Å². The van der Waals surface area contributed by atoms with E-state index in [-0.39, 0.29) is 23.6 Å². The minimum absolute atomic E-state index is 0.0452. The van der Waals surface area contributed by atoms with Crippen LogP contribution in [-0.2, 0) is 14.3 Å². The summed E-state index contributed by atoms with van der Waals surface area (Å²) in [4.78, 5) is 43.1. The minimum atomic E-state index is -0.990. The second-order valence-electron chi connectivity index (χ2n) is 12.4. The Morgan fingerprint density at radius 1 is 0.902 bits per heavy atom. The molecule has 8 heteroatoms. The molecule has 0 aromatic heterocycles. The van der Waals surface area contributed by atoms with Crippen molar-refractivity contribution in [2.45, 2.75) is 106 Å². The first-order valence-electron chi connectivity index (χ1n) is 14.4. The number of carbonyl (C=O) groups excluding carboxylic acids is 3. The van der Waals surface area contributed by atoms with Gasteiger partial charge in [-0.3, -0.25) is 9.59 Å². The summed E-state index contributed by atoms with van der Waals surface area (Å²) in [5.74, 6) is -0.234. The first-order chi connectivity index (χ1) is 19.1. The summed E-state index contributed by atoms with van der Waals surface area (Å²) in [5.41, 5.74) is 4.57. The molecule has 0 bridgehead atoms. The SMILES string of the molecule is Cc1cccc(C(C(=O)Nc2c(C)cccc2C)N(C(=O)C(CS)NC(=O)OC(C)(C)C)C(C)CCC(C)C)c1C. The van der Waals surface area contributed by atoms with E-state index >= 15 is 0 Å². The fourth-order valence-corrected chi connectivity index (χ4v) is 5.07. The fourth-order valence-electron chi connectivity index (χ4n) is 4.82. The number of benzene rings is 2. The Morgan fingerprint density at radius 2 is 1.46 bits per heavy atom. The topological polar surface area (TPSA) is 87.7 Å². The Bertz CT molecular complexity index is 1200. The number of para-hydroxylation sites is 1. The predicted octanol–water partition coefficient (Wildman–Crippen LogP) is 7.08. The van der Waals surface area contributed by atoms with Crippen LogP contribution in [0, 0.1) is 33.6 Å². The number of carbonyl (C=O) groups is 3. The van der Waals surface area contributed by atoms with E-state index in [4.69, 9.17) is 4.74 Å². The number of amides is 3. The highest BCUT2D eigenvalue weighted by atomic mass is 32.1. The summed E-state index contributed by atoms with van der Waals surface area (Å²) in [6, 6.07) is 9.43. The molecule has 3 amide bonds. The van der Waals surface area contributed by atoms with Gasteiger partial charge in [-0.05, 0) is 102 Å². The van der Waals surface area contributed by atoms with Crippen molar-refractivity contribution in [2.75, 3.05) is 11.1 Å². The van der Waals surface area contributed by atoms with Crippen molar-refractivity contribution < 1.29 is 19.1 Å². The molecule has 2 rings (SSSR count). The molecule has 0 spiro atoms. The molecule has 2 aromatic carbocycles. The number of alkyl carbamates (subject to hydrolysis) is 1. The van der Waals surface area contributed by atoms with Crippen LogP contribution < -0.4 is 10.6 Å². The quantitative estimate of drug-likeness (QED) is 0.247. The Balaban J connectivity index is 2.68. The van der Waals surface area contributed by atoms with Crippen LogP contribution in [0.25, 0.3) is 0 Å². The lowest BCUT2D eigenvalue weighted by Crippen LogP contribution is -2.55. The van der Waals surface area contributed by atoms with Crippen molar-refractivity contribution >= 4 is 36.2 Å². The molecule has 0 aliphatic carbocycles. The molecule has 2 aromatic rings. The number of nitrogens with one attached hydrogen (secondary N) is 2. The maximum absolute atomic E-state index is 14.4. The number of hydrogen-bond donors (Lipinski definition) is 3. The third-order valence-corrected chi connectivity index (χ3v) is 7.62. The summed E-state index contributed by atoms with van der Waals surface area (Å²) in [6.07, 6.45) is 0.851. The van der Waals surface area contributed by atoms with E-state index in [2.05, 4.69) is 37.1 Å². The average Bonchev–Trinajstić information content (AvgIpc) is 2.87. The first kappa shape index (κ1) is 34.2. The molecule has 41 heavy (non-hydrogen) atoms. The molecule has 0 saturated carbocycles. The van der Waals surface area contributed by atoms with Crippen molar-refractivity contribution in [3.8, 4) is 0 Å². The van der Waals surface area contributed by atoms with Gasteiger partial charge in [0, 0.05) is 17.5 Å². The zero-order chi connectivity index (χ0) is 31.1. The van der Waals surface area contributed by atoms with Crippen LogP contribution >= 0.6 is 12.6 Å². The molecule has 0 heterocycles. The molecule has 0 saturated heterocycles. The number of aryl methyl sites for hydroxylation is 3. The first-order valence-corrected chi connectivity index (χ1v) is 15.1. The number of anilines is 1. The van der Waals surface area contributed by atoms with E-state index < -0.39 is 23.8 Å². The van der Waals surface area contributed by atoms with E-state index in [9.17, 15) is 14.4 Å². The molecule has 226 valence electrons. The van der Waals surface area contributed by atoms with Crippen molar-refractivity contribution in [2.24, 2.45) is 5.92 Å². The maximum Gasteiger partial charge on any atom is 0.408 e. The summed E-state index contributed by atoms with van der Waals surface area (Å²) in [6.45, 7) is 19.4. The lowest BCUT2D eigenvalue weighted by atomic mass is 9.92. The van der Waals surface area contributed by atoms with Crippen LogP contribution in [-0.4, -0.2) is 46.2 Å². The Hall–Kier alpha value is -3.00. The molecule has 0 radical (unpaired) electrons. The number of ether oxygens (including phenoxy) is 1. The highest BCUT2D eigenvalue weighted by Crippen LogP contribution is 2.32. The van der Waals surface area contributed by atoms with Crippen molar-refractivity contribution in [1.82, 2.24) is 10.2 Å². The number of rotatable bonds is 11. The lowest BCUT2D eigenvalue weighted by Gasteiger charge is -2.39. The largest absolute Gasteiger partial charge is 0.444 e. The third kappa shape index (κ3) is 9.52. The molecule has 7 nitrogen and oxygen atoms in total. The van der Waals surface area contributed by atoms with E-state index in [1.54, 1.807) is 25.7 Å². The van der Waals surface area contributed by atoms with Crippen LogP contribution in [0.3, 0.4) is 0 Å². The van der Waals surface area contributed by atoms with E-state index in [1.165, 1.54) is 0 Å². The molecule has 3 atom stereocenters. The van der Waals surface area contributed by atoms with Gasteiger partial charge in [0.05, 0.1) is 0 Å². The van der Waals surface area contributed by atoms with Crippen molar-refractivity contribution in [3.05, 3.63) is 64.2 Å². The van der Waals surface area contributed by atoms with Gasteiger partial charge in [0.25, 0.3) is 5.91 Å². The zero-order valence-corrected chi connectivity index (χ0v) is 27.3. The summed E-state index contributed by atoms with van der Waals surface area (Å²) in [5, 5.41) is 5.85. The summed E-state index contributed by atoms with van der Waals surface area (Å²) in [7, 11) is 0. The number of nitrogens with zero attached hydrogens (tertiary/aromatic N) is 1. The van der Waals surface area contributed by atoms with Gasteiger partial charge in [-0.2, -0.15) is 12.6 Å². The second-order valence-corrected chi connectivity index (χ2v) is 12.8. The van der Waals surface area contributed by atoms with Crippen LogP contribution in [0.2, 0.25) is 0 Å². The normalized spacial score (nSPS) is 13.8. The molecular weight excluding hydrogens is 534 g/mol. The lowest BCUT2D eigenvalue weighted by molar-refractivity contribution is -0.143. The summed E-state index contributed by atoms with van der Waals surface area (Å²) >= 11 is 4.42. The average molecular weight is 584 g/mol. The molecular formula is C33H49N3O4S. The molecule has 0 aliphatic rings. The van der Waals surface area contributed by atoms with E-state index in [0.29, 0.717) is 12.3 Å². The number of thiol groups is 1. The molecule has 0 aliphatic heterocycles. The fraction of sp³-hybridized carbons (Fsp3) is 0.545. The minimum Gasteiger partial charge on any atom is -0.444 e. The third-order valence-electron chi connectivity index (χ3n) is 7.26. The Kier molecular flexibility index (Phi) is 12.3. The highest BCUT2D eigenvalue weighted by Gasteiger charge is 2.39. The van der Waals surface area contributed by atoms with Crippen LogP contribution in [0.15, 0.2) is 36.4 Å². The Morgan fingerprint density at radius 3 is 2.00 bits per heavy atom. The highest BCUT2D eigenvalue weighted by molar-refractivity contribution is 7.80. The standard InChI is InChI=1S/C33H49N3O4S/c1-20(2)17-18-24(6)36(31(38)27(19-41)34-32(39)40-33(8,9)10)29(26-16-12-13-21(3)25(26)7)30(37)35-28-22(4)14-11-15-23(28)5/h11-16,20,24,27,29,41H,17-19H2,1-10H3,(H,34,39)(H,35,37).